The fraction of sp³-hybridized carbons (Fsp3) is 0.286. The van der Waals surface area contributed by atoms with Crippen LogP contribution >= 0.6 is 0 Å². The first-order chi connectivity index (χ1) is 16.2. The zero-order chi connectivity index (χ0) is 22.9. The predicted octanol–water partition coefficient (Wildman–Crippen LogP) is 4.63. The highest BCUT2D eigenvalue weighted by Gasteiger charge is 2.23. The van der Waals surface area contributed by atoms with Gasteiger partial charge in [0.1, 0.15) is 18.4 Å². The zero-order valence-electron chi connectivity index (χ0n) is 18.7. The maximum atomic E-state index is 12.5. The predicted molar refractivity (Wildman–Crippen MR) is 130 cm³/mol. The van der Waals surface area contributed by atoms with Crippen LogP contribution in [-0.2, 0) is 17.8 Å². The third-order valence-corrected chi connectivity index (χ3v) is 5.93. The number of carbonyl (C=O) groups excluding carboxylic acids is 1. The summed E-state index contributed by atoms with van der Waals surface area (Å²) >= 11 is 0. The number of nitrogens with one attached hydrogen (secondary N) is 2. The highest BCUT2D eigenvalue weighted by molar-refractivity contribution is 5.82. The molecule has 1 aliphatic rings. The van der Waals surface area contributed by atoms with E-state index in [9.17, 15) is 10.1 Å². The third-order valence-electron chi connectivity index (χ3n) is 5.93. The number of piperidine rings is 1. The van der Waals surface area contributed by atoms with E-state index in [1.54, 1.807) is 0 Å². The molecular weight excluding hydrogens is 410 g/mol. The second-order valence-electron chi connectivity index (χ2n) is 8.36. The molecule has 0 saturated carbocycles. The van der Waals surface area contributed by atoms with E-state index in [0.717, 1.165) is 53.8 Å². The van der Waals surface area contributed by atoms with Crippen molar-refractivity contribution in [2.45, 2.75) is 44.4 Å². The van der Waals surface area contributed by atoms with Crippen LogP contribution in [0.15, 0.2) is 78.9 Å². The number of nitriles is 1. The van der Waals surface area contributed by atoms with E-state index >= 15 is 0 Å². The third kappa shape index (κ3) is 6.21. The normalized spacial score (nSPS) is 16.4. The van der Waals surface area contributed by atoms with E-state index in [2.05, 4.69) is 16.7 Å². The zero-order valence-corrected chi connectivity index (χ0v) is 18.7. The van der Waals surface area contributed by atoms with Gasteiger partial charge in [-0.3, -0.25) is 4.79 Å². The average molecular weight is 440 g/mol. The smallest absolute Gasteiger partial charge is 0.238 e. The highest BCUT2D eigenvalue weighted by atomic mass is 16.5. The quantitative estimate of drug-likeness (QED) is 0.537. The van der Waals surface area contributed by atoms with E-state index in [1.165, 1.54) is 0 Å². The Kier molecular flexibility index (Phi) is 7.73. The van der Waals surface area contributed by atoms with E-state index in [1.807, 2.05) is 78.9 Å². The van der Waals surface area contributed by atoms with E-state index in [0.29, 0.717) is 13.0 Å². The Morgan fingerprint density at radius 1 is 1.00 bits per heavy atom. The number of hydrogen-bond acceptors (Lipinski definition) is 4. The summed E-state index contributed by atoms with van der Waals surface area (Å²) in [7, 11) is 0. The summed E-state index contributed by atoms with van der Waals surface area (Å²) in [5, 5.41) is 15.7. The maximum absolute atomic E-state index is 12.5. The van der Waals surface area contributed by atoms with Crippen LogP contribution in [0.4, 0.5) is 0 Å². The number of rotatable bonds is 8. The summed E-state index contributed by atoms with van der Waals surface area (Å²) in [5.41, 5.74) is 4.19. The van der Waals surface area contributed by atoms with Crippen LogP contribution in [0, 0.1) is 11.3 Å². The molecule has 33 heavy (non-hydrogen) atoms. The van der Waals surface area contributed by atoms with Crippen molar-refractivity contribution in [2.24, 2.45) is 0 Å². The molecule has 2 atom stereocenters. The van der Waals surface area contributed by atoms with Gasteiger partial charge in [0.05, 0.1) is 12.1 Å². The molecule has 1 fully saturated rings. The second kappa shape index (κ2) is 11.3. The van der Waals surface area contributed by atoms with Crippen molar-refractivity contribution in [2.75, 3.05) is 6.54 Å². The number of hydrogen-bond donors (Lipinski definition) is 2. The first-order valence-electron chi connectivity index (χ1n) is 11.5. The van der Waals surface area contributed by atoms with Gasteiger partial charge in [-0.25, -0.2) is 0 Å². The summed E-state index contributed by atoms with van der Waals surface area (Å²) in [6.07, 6.45) is 3.43. The van der Waals surface area contributed by atoms with E-state index < -0.39 is 6.04 Å². The Bertz CT molecular complexity index is 1080. The lowest BCUT2D eigenvalue weighted by Gasteiger charge is -2.23. The average Bonchev–Trinajstić information content (AvgIpc) is 2.89. The van der Waals surface area contributed by atoms with Gasteiger partial charge in [0.2, 0.25) is 5.91 Å². The molecule has 1 unspecified atom stereocenters. The van der Waals surface area contributed by atoms with Crippen LogP contribution in [0.5, 0.6) is 5.75 Å². The summed E-state index contributed by atoms with van der Waals surface area (Å²) in [4.78, 5) is 12.5. The molecule has 1 amide bonds. The van der Waals surface area contributed by atoms with Gasteiger partial charge in [0.15, 0.2) is 0 Å². The van der Waals surface area contributed by atoms with Gasteiger partial charge in [0, 0.05) is 12.0 Å². The van der Waals surface area contributed by atoms with Crippen molar-refractivity contribution >= 4 is 5.91 Å². The molecule has 0 spiro atoms. The summed E-state index contributed by atoms with van der Waals surface area (Å²) < 4.78 is 6.09. The fourth-order valence-corrected chi connectivity index (χ4v) is 4.10. The van der Waals surface area contributed by atoms with Crippen molar-refractivity contribution in [3.05, 3.63) is 90.0 Å². The van der Waals surface area contributed by atoms with Crippen molar-refractivity contribution in [1.82, 2.24) is 10.6 Å². The van der Waals surface area contributed by atoms with Crippen LogP contribution in [0.1, 0.15) is 30.4 Å². The van der Waals surface area contributed by atoms with Crippen LogP contribution in [-0.4, -0.2) is 24.5 Å². The molecule has 168 valence electrons. The SMILES string of the molecule is N#C[C@H](Cc1ccc(-c2ccccc2OCc2ccccc2)cc1)NC(=O)C1CCCCN1. The first kappa shape index (κ1) is 22.6. The maximum Gasteiger partial charge on any atom is 0.238 e. The minimum absolute atomic E-state index is 0.0811. The molecule has 3 aromatic carbocycles. The standard InChI is InChI=1S/C28H29N3O2/c29-19-24(31-28(32)26-11-6-7-17-30-26)18-21-13-15-23(16-14-21)25-10-4-5-12-27(25)33-20-22-8-2-1-3-9-22/h1-5,8-10,12-16,24,26,30H,6-7,11,17-18,20H2,(H,31,32)/t24-,26?/m0/s1. The number of benzene rings is 3. The number of carbonyl (C=O) groups is 1. The Hall–Kier alpha value is -3.62. The van der Waals surface area contributed by atoms with Gasteiger partial charge in [-0.15, -0.1) is 0 Å². The molecule has 0 aliphatic carbocycles. The van der Waals surface area contributed by atoms with Gasteiger partial charge in [-0.05, 0) is 42.1 Å². The molecular formula is C28H29N3O2. The minimum atomic E-state index is -0.548. The van der Waals surface area contributed by atoms with Gasteiger partial charge < -0.3 is 15.4 Å². The lowest BCUT2D eigenvalue weighted by molar-refractivity contribution is -0.124. The molecule has 0 radical (unpaired) electrons. The largest absolute Gasteiger partial charge is 0.488 e. The van der Waals surface area contributed by atoms with Gasteiger partial charge in [-0.2, -0.15) is 5.26 Å². The number of ether oxygens (including phenoxy) is 1. The van der Waals surface area contributed by atoms with Crippen molar-refractivity contribution in [3.8, 4) is 22.9 Å². The van der Waals surface area contributed by atoms with Crippen molar-refractivity contribution in [1.29, 1.82) is 5.26 Å². The van der Waals surface area contributed by atoms with Crippen LogP contribution in [0.2, 0.25) is 0 Å². The lowest BCUT2D eigenvalue weighted by Crippen LogP contribution is -2.49. The lowest BCUT2D eigenvalue weighted by atomic mass is 9.99. The number of para-hydroxylation sites is 1. The number of amides is 1. The molecule has 4 rings (SSSR count). The Labute approximate surface area is 195 Å². The molecule has 1 heterocycles. The Morgan fingerprint density at radius 3 is 2.48 bits per heavy atom. The molecule has 5 nitrogen and oxygen atoms in total. The Morgan fingerprint density at radius 2 is 1.76 bits per heavy atom. The number of nitrogens with zero attached hydrogens (tertiary/aromatic N) is 1. The second-order valence-corrected chi connectivity index (χ2v) is 8.36. The highest BCUT2D eigenvalue weighted by Crippen LogP contribution is 2.30. The summed E-state index contributed by atoms with van der Waals surface area (Å²) in [6.45, 7) is 1.36. The van der Waals surface area contributed by atoms with Crippen LogP contribution < -0.4 is 15.4 Å². The van der Waals surface area contributed by atoms with Crippen LogP contribution in [0.3, 0.4) is 0 Å². The molecule has 0 aromatic heterocycles. The first-order valence-corrected chi connectivity index (χ1v) is 11.5. The summed E-state index contributed by atoms with van der Waals surface area (Å²) in [6, 6.07) is 27.7. The molecule has 1 aliphatic heterocycles. The van der Waals surface area contributed by atoms with Crippen LogP contribution in [0.25, 0.3) is 11.1 Å². The van der Waals surface area contributed by atoms with Gasteiger partial charge in [0.25, 0.3) is 0 Å². The molecule has 0 bridgehead atoms. The molecule has 1 saturated heterocycles. The fourth-order valence-electron chi connectivity index (χ4n) is 4.10. The van der Waals surface area contributed by atoms with Crippen molar-refractivity contribution in [3.63, 3.8) is 0 Å². The van der Waals surface area contributed by atoms with Gasteiger partial charge in [-0.1, -0.05) is 79.2 Å². The van der Waals surface area contributed by atoms with E-state index in [4.69, 9.17) is 4.74 Å². The molecule has 2 N–H and O–H groups in total. The van der Waals surface area contributed by atoms with Crippen molar-refractivity contribution < 1.29 is 9.53 Å². The molecule has 3 aromatic rings. The van der Waals surface area contributed by atoms with E-state index in [-0.39, 0.29) is 11.9 Å². The minimum Gasteiger partial charge on any atom is -0.488 e. The summed E-state index contributed by atoms with van der Waals surface area (Å²) in [5.74, 6) is 0.749. The molecule has 5 heteroatoms. The monoisotopic (exact) mass is 439 g/mol. The van der Waals surface area contributed by atoms with Gasteiger partial charge >= 0.3 is 0 Å². The Balaban J connectivity index is 1.39. The topological polar surface area (TPSA) is 74.1 Å².